The number of hydrazine groups is 1. The van der Waals surface area contributed by atoms with E-state index < -0.39 is 0 Å². The van der Waals surface area contributed by atoms with Crippen LogP contribution < -0.4 is 10.4 Å². The lowest BCUT2D eigenvalue weighted by molar-refractivity contribution is -0.126. The molecule has 0 atom stereocenters. The van der Waals surface area contributed by atoms with Gasteiger partial charge in [0, 0.05) is 24.0 Å². The number of rotatable bonds is 2. The van der Waals surface area contributed by atoms with Crippen LogP contribution in [0.15, 0.2) is 40.5 Å². The molecule has 0 aliphatic carbocycles. The van der Waals surface area contributed by atoms with Gasteiger partial charge in [0.05, 0.1) is 5.69 Å². The Morgan fingerprint density at radius 2 is 1.81 bits per heavy atom. The Morgan fingerprint density at radius 1 is 1.14 bits per heavy atom. The molecule has 0 aromatic heterocycles. The van der Waals surface area contributed by atoms with E-state index in [0.717, 1.165) is 36.1 Å². The number of carbonyl (C=O) groups is 2. The summed E-state index contributed by atoms with van der Waals surface area (Å²) in [5, 5.41) is 1.44. The summed E-state index contributed by atoms with van der Waals surface area (Å²) in [6.45, 7) is 1.59. The molecule has 0 unspecified atom stereocenters. The molecule has 5 nitrogen and oxygen atoms in total. The Balaban J connectivity index is 1.78. The van der Waals surface area contributed by atoms with Crippen molar-refractivity contribution in [3.05, 3.63) is 40.5 Å². The van der Waals surface area contributed by atoms with Crippen LogP contribution in [0.5, 0.6) is 0 Å². The van der Waals surface area contributed by atoms with E-state index in [1.165, 1.54) is 5.01 Å². The minimum atomic E-state index is -0.0738. The molecule has 2 aliphatic rings. The van der Waals surface area contributed by atoms with Crippen molar-refractivity contribution in [2.24, 2.45) is 0 Å². The monoisotopic (exact) mass is 349 g/mol. The molecule has 2 aliphatic heterocycles. The van der Waals surface area contributed by atoms with Crippen LogP contribution in [0.2, 0.25) is 0 Å². The van der Waals surface area contributed by atoms with Crippen LogP contribution in [0.1, 0.15) is 19.3 Å². The molecule has 21 heavy (non-hydrogen) atoms. The summed E-state index contributed by atoms with van der Waals surface area (Å²) in [4.78, 5) is 26.3. The number of likely N-dealkylation sites (tertiary alicyclic amines) is 1. The van der Waals surface area contributed by atoms with Crippen LogP contribution in [-0.2, 0) is 9.59 Å². The van der Waals surface area contributed by atoms with Crippen molar-refractivity contribution < 1.29 is 9.59 Å². The van der Waals surface area contributed by atoms with Gasteiger partial charge in [0.2, 0.25) is 5.91 Å². The van der Waals surface area contributed by atoms with Gasteiger partial charge < -0.3 is 4.90 Å². The topological polar surface area (TPSA) is 52.7 Å². The average Bonchev–Trinajstić information content (AvgIpc) is 3.02. The van der Waals surface area contributed by atoms with Crippen molar-refractivity contribution in [1.29, 1.82) is 0 Å². The summed E-state index contributed by atoms with van der Waals surface area (Å²) in [5.74, 6) is -0.0996. The van der Waals surface area contributed by atoms with E-state index in [2.05, 4.69) is 21.4 Å². The van der Waals surface area contributed by atoms with Gasteiger partial charge in [0.25, 0.3) is 5.91 Å². The fourth-order valence-corrected chi connectivity index (χ4v) is 2.80. The minimum absolute atomic E-state index is 0.0258. The number of benzene rings is 1. The van der Waals surface area contributed by atoms with Crippen LogP contribution in [0.4, 0.5) is 5.69 Å². The molecule has 1 N–H and O–H groups in total. The van der Waals surface area contributed by atoms with Crippen LogP contribution in [0.25, 0.3) is 0 Å². The highest BCUT2D eigenvalue weighted by Crippen LogP contribution is 2.21. The molecule has 1 aromatic rings. The van der Waals surface area contributed by atoms with E-state index in [1.807, 2.05) is 29.2 Å². The highest BCUT2D eigenvalue weighted by molar-refractivity contribution is 9.10. The van der Waals surface area contributed by atoms with Crippen molar-refractivity contribution in [1.82, 2.24) is 10.3 Å². The molecule has 1 aromatic carbocycles. The van der Waals surface area contributed by atoms with Crippen LogP contribution in [0.3, 0.4) is 0 Å². The SMILES string of the molecule is O=C(C1=CCC(=O)N(c2ccc(Br)cc2)N1)N1CCCC1. The van der Waals surface area contributed by atoms with Crippen molar-refractivity contribution in [3.63, 3.8) is 0 Å². The third-order valence-electron chi connectivity index (χ3n) is 3.67. The largest absolute Gasteiger partial charge is 0.337 e. The summed E-state index contributed by atoms with van der Waals surface area (Å²) in [5.41, 5.74) is 4.16. The van der Waals surface area contributed by atoms with E-state index in [4.69, 9.17) is 0 Å². The average molecular weight is 350 g/mol. The number of halogens is 1. The lowest BCUT2D eigenvalue weighted by atomic mass is 10.2. The maximum Gasteiger partial charge on any atom is 0.271 e. The third kappa shape index (κ3) is 2.95. The summed E-state index contributed by atoms with van der Waals surface area (Å²) < 4.78 is 0.944. The number of nitrogens with one attached hydrogen (secondary N) is 1. The van der Waals surface area contributed by atoms with Gasteiger partial charge >= 0.3 is 0 Å². The molecular weight excluding hydrogens is 334 g/mol. The first kappa shape index (κ1) is 14.1. The lowest BCUT2D eigenvalue weighted by Gasteiger charge is -2.30. The van der Waals surface area contributed by atoms with Gasteiger partial charge in [-0.2, -0.15) is 0 Å². The smallest absolute Gasteiger partial charge is 0.271 e. The molecule has 6 heteroatoms. The van der Waals surface area contributed by atoms with E-state index in [-0.39, 0.29) is 18.2 Å². The van der Waals surface area contributed by atoms with Gasteiger partial charge in [-0.05, 0) is 43.2 Å². The number of carbonyl (C=O) groups excluding carboxylic acids is 2. The van der Waals surface area contributed by atoms with Crippen LogP contribution in [0, 0.1) is 0 Å². The Labute approximate surface area is 131 Å². The number of anilines is 1. The van der Waals surface area contributed by atoms with Gasteiger partial charge in [-0.3, -0.25) is 15.0 Å². The molecule has 110 valence electrons. The molecule has 0 bridgehead atoms. The number of nitrogens with zero attached hydrogens (tertiary/aromatic N) is 2. The third-order valence-corrected chi connectivity index (χ3v) is 4.20. The Morgan fingerprint density at radius 3 is 2.48 bits per heavy atom. The van der Waals surface area contributed by atoms with Crippen LogP contribution >= 0.6 is 15.9 Å². The Hall–Kier alpha value is -1.82. The Bertz CT molecular complexity index is 591. The summed E-state index contributed by atoms with van der Waals surface area (Å²) in [7, 11) is 0. The predicted octanol–water partition coefficient (Wildman–Crippen LogP) is 2.20. The maximum absolute atomic E-state index is 12.4. The zero-order chi connectivity index (χ0) is 14.8. The highest BCUT2D eigenvalue weighted by atomic mass is 79.9. The fourth-order valence-electron chi connectivity index (χ4n) is 2.53. The van der Waals surface area contributed by atoms with Crippen molar-refractivity contribution >= 4 is 33.4 Å². The van der Waals surface area contributed by atoms with Gasteiger partial charge in [-0.15, -0.1) is 0 Å². The maximum atomic E-state index is 12.4. The van der Waals surface area contributed by atoms with Gasteiger partial charge in [-0.25, -0.2) is 5.01 Å². The summed E-state index contributed by atoms with van der Waals surface area (Å²) in [6.07, 6.45) is 4.01. The van der Waals surface area contributed by atoms with Crippen molar-refractivity contribution in [3.8, 4) is 0 Å². The second-order valence-corrected chi connectivity index (χ2v) is 6.05. The Kier molecular flexibility index (Phi) is 3.96. The molecule has 3 rings (SSSR count). The summed E-state index contributed by atoms with van der Waals surface area (Å²) >= 11 is 3.37. The number of amides is 2. The first-order valence-electron chi connectivity index (χ1n) is 7.00. The molecule has 2 amide bonds. The normalized spacial score (nSPS) is 18.5. The van der Waals surface area contributed by atoms with Crippen LogP contribution in [-0.4, -0.2) is 29.8 Å². The minimum Gasteiger partial charge on any atom is -0.337 e. The number of hydrogen-bond donors (Lipinski definition) is 1. The fraction of sp³-hybridized carbons (Fsp3) is 0.333. The molecule has 1 saturated heterocycles. The predicted molar refractivity (Wildman–Crippen MR) is 83.3 cm³/mol. The standard InChI is InChI=1S/C15H16BrN3O2/c16-11-3-5-12(6-4-11)19-14(20)8-7-13(17-19)15(21)18-9-1-2-10-18/h3-7,17H,1-2,8-10H2. The second-order valence-electron chi connectivity index (χ2n) is 5.14. The molecule has 0 radical (unpaired) electrons. The quantitative estimate of drug-likeness (QED) is 0.890. The highest BCUT2D eigenvalue weighted by Gasteiger charge is 2.28. The van der Waals surface area contributed by atoms with Crippen molar-refractivity contribution in [2.75, 3.05) is 18.1 Å². The molecule has 0 spiro atoms. The van der Waals surface area contributed by atoms with E-state index in [0.29, 0.717) is 5.70 Å². The van der Waals surface area contributed by atoms with Gasteiger partial charge in [0.15, 0.2) is 0 Å². The molecular formula is C15H16BrN3O2. The zero-order valence-electron chi connectivity index (χ0n) is 11.5. The molecule has 1 fully saturated rings. The molecule has 2 heterocycles. The van der Waals surface area contributed by atoms with E-state index in [9.17, 15) is 9.59 Å². The van der Waals surface area contributed by atoms with E-state index in [1.54, 1.807) is 6.08 Å². The zero-order valence-corrected chi connectivity index (χ0v) is 13.1. The van der Waals surface area contributed by atoms with Gasteiger partial charge in [-0.1, -0.05) is 15.9 Å². The first-order chi connectivity index (χ1) is 10.1. The van der Waals surface area contributed by atoms with E-state index >= 15 is 0 Å². The summed E-state index contributed by atoms with van der Waals surface area (Å²) in [6, 6.07) is 7.39. The first-order valence-corrected chi connectivity index (χ1v) is 7.79. The molecule has 0 saturated carbocycles. The number of hydrogen-bond acceptors (Lipinski definition) is 3. The lowest BCUT2D eigenvalue weighted by Crippen LogP contribution is -2.49. The second kappa shape index (κ2) is 5.89. The van der Waals surface area contributed by atoms with Gasteiger partial charge in [0.1, 0.15) is 5.70 Å². The van der Waals surface area contributed by atoms with Crippen molar-refractivity contribution in [2.45, 2.75) is 19.3 Å².